The lowest BCUT2D eigenvalue weighted by atomic mass is 10.1. The lowest BCUT2D eigenvalue weighted by Crippen LogP contribution is -2.03. The maximum atomic E-state index is 12.3. The van der Waals surface area contributed by atoms with E-state index < -0.39 is 11.7 Å². The zero-order chi connectivity index (χ0) is 12.9. The molecule has 1 rings (SSSR count). The average Bonchev–Trinajstić information content (AvgIpc) is 2.26. The minimum absolute atomic E-state index is 0.613. The van der Waals surface area contributed by atoms with Gasteiger partial charge in [0, 0.05) is 0 Å². The zero-order valence-electron chi connectivity index (χ0n) is 9.72. The molecule has 0 unspecified atom stereocenters. The minimum atomic E-state index is -4.26. The predicted molar refractivity (Wildman–Crippen MR) is 64.5 cm³/mol. The number of rotatable bonds is 4. The Morgan fingerprint density at radius 2 is 1.82 bits per heavy atom. The summed E-state index contributed by atoms with van der Waals surface area (Å²) in [7, 11) is 0. The van der Waals surface area contributed by atoms with Gasteiger partial charge in [0.25, 0.3) is 0 Å². The van der Waals surface area contributed by atoms with Gasteiger partial charge in [0.1, 0.15) is 0 Å². The van der Waals surface area contributed by atoms with E-state index >= 15 is 0 Å². The van der Waals surface area contributed by atoms with Gasteiger partial charge in [-0.15, -0.1) is 6.58 Å². The van der Waals surface area contributed by atoms with Crippen molar-refractivity contribution in [2.45, 2.75) is 25.9 Å². The van der Waals surface area contributed by atoms with Gasteiger partial charge in [0.15, 0.2) is 0 Å². The monoisotopic (exact) mass is 240 g/mol. The van der Waals surface area contributed by atoms with Crippen LogP contribution in [0.2, 0.25) is 0 Å². The highest BCUT2D eigenvalue weighted by Crippen LogP contribution is 2.29. The second-order valence-electron chi connectivity index (χ2n) is 3.94. The van der Waals surface area contributed by atoms with Crippen LogP contribution < -0.4 is 0 Å². The van der Waals surface area contributed by atoms with Crippen LogP contribution in [0.3, 0.4) is 0 Å². The highest BCUT2D eigenvalue weighted by atomic mass is 19.4. The van der Waals surface area contributed by atoms with Gasteiger partial charge in [-0.3, -0.25) is 0 Å². The Morgan fingerprint density at radius 1 is 1.24 bits per heavy atom. The first kappa shape index (κ1) is 13.6. The summed E-state index contributed by atoms with van der Waals surface area (Å²) >= 11 is 0. The van der Waals surface area contributed by atoms with Crippen LogP contribution in [0.5, 0.6) is 0 Å². The van der Waals surface area contributed by atoms with E-state index in [1.807, 2.05) is 19.1 Å². The van der Waals surface area contributed by atoms with E-state index in [4.69, 9.17) is 0 Å². The van der Waals surface area contributed by atoms with E-state index in [0.29, 0.717) is 0 Å². The van der Waals surface area contributed by atoms with E-state index in [1.165, 1.54) is 12.1 Å². The van der Waals surface area contributed by atoms with E-state index in [1.54, 1.807) is 0 Å². The number of alkyl halides is 3. The molecule has 0 aromatic heterocycles. The molecule has 0 aliphatic rings. The van der Waals surface area contributed by atoms with Crippen molar-refractivity contribution in [2.24, 2.45) is 0 Å². The molecular weight excluding hydrogens is 225 g/mol. The Morgan fingerprint density at radius 3 is 2.29 bits per heavy atom. The Kier molecular flexibility index (Phi) is 4.55. The molecule has 0 atom stereocenters. The van der Waals surface area contributed by atoms with Crippen molar-refractivity contribution >= 4 is 6.08 Å². The molecule has 0 radical (unpaired) electrons. The quantitative estimate of drug-likeness (QED) is 0.644. The predicted octanol–water partition coefficient (Wildman–Crippen LogP) is 5.07. The van der Waals surface area contributed by atoms with Gasteiger partial charge in [0.2, 0.25) is 0 Å². The molecule has 0 spiro atoms. The van der Waals surface area contributed by atoms with Crippen molar-refractivity contribution < 1.29 is 13.2 Å². The number of halogens is 3. The molecule has 3 heteroatoms. The van der Waals surface area contributed by atoms with E-state index in [9.17, 15) is 13.2 Å². The minimum Gasteiger partial charge on any atom is -0.166 e. The van der Waals surface area contributed by atoms with E-state index in [0.717, 1.165) is 36.1 Å². The fraction of sp³-hybridized carbons (Fsp3) is 0.286. The summed E-state index contributed by atoms with van der Waals surface area (Å²) in [5, 5.41) is 0. The molecule has 0 nitrogen and oxygen atoms in total. The van der Waals surface area contributed by atoms with E-state index in [2.05, 4.69) is 6.58 Å². The molecule has 0 aliphatic carbocycles. The molecule has 0 fully saturated rings. The highest BCUT2D eigenvalue weighted by Gasteiger charge is 2.29. The first-order valence-corrected chi connectivity index (χ1v) is 5.39. The Balaban J connectivity index is 2.78. The lowest BCUT2D eigenvalue weighted by molar-refractivity contribution is -0.137. The molecule has 0 heterocycles. The summed E-state index contributed by atoms with van der Waals surface area (Å²) in [5.74, 6) is 0. The maximum absolute atomic E-state index is 12.3. The summed E-state index contributed by atoms with van der Waals surface area (Å²) in [4.78, 5) is 0. The molecule has 0 saturated heterocycles. The fourth-order valence-electron chi connectivity index (χ4n) is 1.45. The average molecular weight is 240 g/mol. The number of hydrogen-bond acceptors (Lipinski definition) is 0. The van der Waals surface area contributed by atoms with Crippen molar-refractivity contribution in [2.75, 3.05) is 0 Å². The summed E-state index contributed by atoms with van der Waals surface area (Å²) in [6.45, 7) is 5.59. The highest BCUT2D eigenvalue weighted by molar-refractivity contribution is 5.52. The topological polar surface area (TPSA) is 0 Å². The van der Waals surface area contributed by atoms with Gasteiger partial charge in [-0.25, -0.2) is 0 Å². The molecule has 1 aromatic carbocycles. The van der Waals surface area contributed by atoms with Crippen molar-refractivity contribution in [1.82, 2.24) is 0 Å². The third kappa shape index (κ3) is 4.47. The molecule has 17 heavy (non-hydrogen) atoms. The first-order chi connectivity index (χ1) is 7.93. The number of allylic oxidation sites excluding steroid dienone is 2. The van der Waals surface area contributed by atoms with Gasteiger partial charge in [-0.2, -0.15) is 13.2 Å². The SMILES string of the molecule is C=CCC/C(C)=C/c1ccc(C(F)(F)F)cc1. The van der Waals surface area contributed by atoms with Gasteiger partial charge in [0.05, 0.1) is 5.56 Å². The molecular formula is C14H15F3. The molecule has 0 bridgehead atoms. The maximum Gasteiger partial charge on any atom is 0.416 e. The van der Waals surface area contributed by atoms with Crippen LogP contribution in [0.15, 0.2) is 42.5 Å². The van der Waals surface area contributed by atoms with Crippen LogP contribution in [0.1, 0.15) is 30.9 Å². The number of benzene rings is 1. The summed E-state index contributed by atoms with van der Waals surface area (Å²) in [5.41, 5.74) is 1.31. The third-order valence-corrected chi connectivity index (χ3v) is 2.39. The second kappa shape index (κ2) is 5.71. The summed E-state index contributed by atoms with van der Waals surface area (Å²) in [6.07, 6.45) is 1.21. The van der Waals surface area contributed by atoms with Crippen molar-refractivity contribution in [1.29, 1.82) is 0 Å². The third-order valence-electron chi connectivity index (χ3n) is 2.39. The fourth-order valence-corrected chi connectivity index (χ4v) is 1.45. The molecule has 0 aliphatic heterocycles. The van der Waals surface area contributed by atoms with Crippen LogP contribution in [0.25, 0.3) is 6.08 Å². The first-order valence-electron chi connectivity index (χ1n) is 5.39. The lowest BCUT2D eigenvalue weighted by Gasteiger charge is -2.06. The largest absolute Gasteiger partial charge is 0.416 e. The molecule has 0 amide bonds. The van der Waals surface area contributed by atoms with Crippen molar-refractivity contribution in [3.8, 4) is 0 Å². The Labute approximate surface area is 99.5 Å². The normalized spacial score (nSPS) is 12.6. The second-order valence-corrected chi connectivity index (χ2v) is 3.94. The van der Waals surface area contributed by atoms with Gasteiger partial charge >= 0.3 is 6.18 Å². The molecule has 0 N–H and O–H groups in total. The van der Waals surface area contributed by atoms with Crippen LogP contribution in [0, 0.1) is 0 Å². The van der Waals surface area contributed by atoms with Crippen LogP contribution in [-0.4, -0.2) is 0 Å². The summed E-state index contributed by atoms with van der Waals surface area (Å²) < 4.78 is 37.0. The number of hydrogen-bond donors (Lipinski definition) is 0. The molecule has 92 valence electrons. The van der Waals surface area contributed by atoms with Crippen LogP contribution in [-0.2, 0) is 6.18 Å². The molecule has 0 saturated carbocycles. The smallest absolute Gasteiger partial charge is 0.166 e. The van der Waals surface area contributed by atoms with Gasteiger partial charge < -0.3 is 0 Å². The van der Waals surface area contributed by atoms with E-state index in [-0.39, 0.29) is 0 Å². The van der Waals surface area contributed by atoms with Crippen molar-refractivity contribution in [3.05, 3.63) is 53.6 Å². The van der Waals surface area contributed by atoms with Gasteiger partial charge in [-0.05, 0) is 37.5 Å². The van der Waals surface area contributed by atoms with Crippen LogP contribution in [0.4, 0.5) is 13.2 Å². The Hall–Kier alpha value is -1.51. The Bertz CT molecular complexity index is 396. The summed E-state index contributed by atoms with van der Waals surface area (Å²) in [6, 6.07) is 5.18. The van der Waals surface area contributed by atoms with Gasteiger partial charge in [-0.1, -0.05) is 29.9 Å². The zero-order valence-corrected chi connectivity index (χ0v) is 9.72. The van der Waals surface area contributed by atoms with Crippen molar-refractivity contribution in [3.63, 3.8) is 0 Å². The molecule has 1 aromatic rings. The van der Waals surface area contributed by atoms with Crippen LogP contribution >= 0.6 is 0 Å². The standard InChI is InChI=1S/C14H15F3/c1-3-4-5-11(2)10-12-6-8-13(9-7-12)14(15,16)17/h3,6-10H,1,4-5H2,2H3/b11-10+.